The zero-order valence-corrected chi connectivity index (χ0v) is 10.9. The van der Waals surface area contributed by atoms with Crippen molar-refractivity contribution < 1.29 is 4.74 Å². The van der Waals surface area contributed by atoms with E-state index in [9.17, 15) is 0 Å². The van der Waals surface area contributed by atoms with Gasteiger partial charge in [-0.15, -0.1) is 0 Å². The Morgan fingerprint density at radius 3 is 2.65 bits per heavy atom. The molecule has 1 aromatic heterocycles. The van der Waals surface area contributed by atoms with E-state index in [0.29, 0.717) is 12.4 Å². The molecule has 0 unspecified atom stereocenters. The van der Waals surface area contributed by atoms with Gasteiger partial charge < -0.3 is 15.4 Å². The molecule has 2 N–H and O–H groups in total. The summed E-state index contributed by atoms with van der Waals surface area (Å²) in [5.41, 5.74) is 0. The third-order valence-electron chi connectivity index (χ3n) is 2.39. The summed E-state index contributed by atoms with van der Waals surface area (Å²) in [7, 11) is 3.49. The van der Waals surface area contributed by atoms with Gasteiger partial charge in [-0.05, 0) is 6.42 Å². The van der Waals surface area contributed by atoms with Crippen LogP contribution in [0.15, 0.2) is 6.07 Å². The molecule has 1 heterocycles. The maximum Gasteiger partial charge on any atom is 0.158 e. The molecule has 0 aliphatic rings. The van der Waals surface area contributed by atoms with Crippen LogP contribution in [0.25, 0.3) is 0 Å². The minimum atomic E-state index is 0.430. The van der Waals surface area contributed by atoms with Crippen LogP contribution < -0.4 is 10.6 Å². The first-order chi connectivity index (χ1) is 8.30. The average Bonchev–Trinajstić information content (AvgIpc) is 2.35. The Hall–Kier alpha value is -1.36. The van der Waals surface area contributed by atoms with Gasteiger partial charge in [0.05, 0.1) is 0 Å². The van der Waals surface area contributed by atoms with Crippen LogP contribution in [0.1, 0.15) is 32.0 Å². The first-order valence-corrected chi connectivity index (χ1v) is 6.08. The van der Waals surface area contributed by atoms with E-state index in [1.165, 1.54) is 12.8 Å². The highest BCUT2D eigenvalue weighted by atomic mass is 16.5. The molecule has 1 aromatic rings. The lowest BCUT2D eigenvalue weighted by atomic mass is 10.2. The molecule has 1 rings (SSSR count). The molecule has 0 amide bonds. The van der Waals surface area contributed by atoms with Crippen LogP contribution in [0.5, 0.6) is 0 Å². The second-order valence-electron chi connectivity index (χ2n) is 3.87. The lowest BCUT2D eigenvalue weighted by molar-refractivity contribution is 0.178. The summed E-state index contributed by atoms with van der Waals surface area (Å²) in [6.45, 7) is 3.57. The zero-order chi connectivity index (χ0) is 12.5. The molecule has 0 aromatic carbocycles. The van der Waals surface area contributed by atoms with Crippen molar-refractivity contribution in [2.75, 3.05) is 31.3 Å². The van der Waals surface area contributed by atoms with E-state index in [0.717, 1.165) is 24.6 Å². The second kappa shape index (κ2) is 7.84. The van der Waals surface area contributed by atoms with Crippen molar-refractivity contribution in [1.82, 2.24) is 9.97 Å². The summed E-state index contributed by atoms with van der Waals surface area (Å²) < 4.78 is 5.04. The lowest BCUT2D eigenvalue weighted by Crippen LogP contribution is -2.08. The number of nitrogens with zero attached hydrogens (tertiary/aromatic N) is 2. The van der Waals surface area contributed by atoms with Crippen molar-refractivity contribution in [2.24, 2.45) is 0 Å². The van der Waals surface area contributed by atoms with E-state index < -0.39 is 0 Å². The third-order valence-corrected chi connectivity index (χ3v) is 2.39. The van der Waals surface area contributed by atoms with Gasteiger partial charge in [-0.3, -0.25) is 0 Å². The zero-order valence-electron chi connectivity index (χ0n) is 10.9. The van der Waals surface area contributed by atoms with Crippen molar-refractivity contribution in [2.45, 2.75) is 32.8 Å². The Bertz CT molecular complexity index is 330. The number of hydrogen-bond acceptors (Lipinski definition) is 5. The van der Waals surface area contributed by atoms with Gasteiger partial charge in [0, 0.05) is 26.8 Å². The van der Waals surface area contributed by atoms with E-state index >= 15 is 0 Å². The Morgan fingerprint density at radius 2 is 2.00 bits per heavy atom. The summed E-state index contributed by atoms with van der Waals surface area (Å²) in [6, 6.07) is 1.91. The lowest BCUT2D eigenvalue weighted by Gasteiger charge is -2.09. The van der Waals surface area contributed by atoms with Crippen LogP contribution in [0.2, 0.25) is 0 Å². The molecule has 0 radical (unpaired) electrons. The number of methoxy groups -OCH3 is 1. The predicted molar refractivity (Wildman–Crippen MR) is 70.3 cm³/mol. The van der Waals surface area contributed by atoms with Crippen molar-refractivity contribution in [3.63, 3.8) is 0 Å². The minimum Gasteiger partial charge on any atom is -0.377 e. The second-order valence-corrected chi connectivity index (χ2v) is 3.87. The summed E-state index contributed by atoms with van der Waals surface area (Å²) in [5, 5.41) is 6.33. The van der Waals surface area contributed by atoms with E-state index in [1.54, 1.807) is 7.11 Å². The largest absolute Gasteiger partial charge is 0.377 e. The predicted octanol–water partition coefficient (Wildman–Crippen LogP) is 2.27. The van der Waals surface area contributed by atoms with Crippen LogP contribution >= 0.6 is 0 Å². The van der Waals surface area contributed by atoms with Gasteiger partial charge in [-0.1, -0.05) is 19.8 Å². The van der Waals surface area contributed by atoms with Crippen LogP contribution in [0, 0.1) is 0 Å². The number of nitrogens with one attached hydrogen (secondary N) is 2. The van der Waals surface area contributed by atoms with Crippen molar-refractivity contribution in [3.8, 4) is 0 Å². The number of unbranched alkanes of at least 4 members (excludes halogenated alkanes) is 2. The van der Waals surface area contributed by atoms with E-state index in [4.69, 9.17) is 4.74 Å². The van der Waals surface area contributed by atoms with Crippen LogP contribution in [-0.4, -0.2) is 30.7 Å². The Labute approximate surface area is 103 Å². The van der Waals surface area contributed by atoms with Gasteiger partial charge in [0.2, 0.25) is 0 Å². The van der Waals surface area contributed by atoms with Gasteiger partial charge >= 0.3 is 0 Å². The fourth-order valence-corrected chi connectivity index (χ4v) is 1.50. The van der Waals surface area contributed by atoms with Crippen LogP contribution in [0.3, 0.4) is 0 Å². The molecule has 96 valence electrons. The van der Waals surface area contributed by atoms with E-state index in [1.807, 2.05) is 13.1 Å². The molecule has 17 heavy (non-hydrogen) atoms. The summed E-state index contributed by atoms with van der Waals surface area (Å²) >= 11 is 0. The molecule has 0 aliphatic heterocycles. The monoisotopic (exact) mass is 238 g/mol. The van der Waals surface area contributed by atoms with Crippen molar-refractivity contribution >= 4 is 11.6 Å². The fourth-order valence-electron chi connectivity index (χ4n) is 1.50. The molecule has 0 atom stereocenters. The number of rotatable bonds is 8. The number of aromatic nitrogens is 2. The molecule has 5 heteroatoms. The van der Waals surface area contributed by atoms with Crippen LogP contribution in [-0.2, 0) is 11.3 Å². The first kappa shape index (κ1) is 13.7. The summed E-state index contributed by atoms with van der Waals surface area (Å²) in [4.78, 5) is 8.68. The van der Waals surface area contributed by atoms with Gasteiger partial charge in [0.1, 0.15) is 18.2 Å². The maximum atomic E-state index is 5.04. The highest BCUT2D eigenvalue weighted by Crippen LogP contribution is 2.11. The Morgan fingerprint density at radius 1 is 1.24 bits per heavy atom. The molecular weight excluding hydrogens is 216 g/mol. The Balaban J connectivity index is 2.59. The van der Waals surface area contributed by atoms with Crippen molar-refractivity contribution in [3.05, 3.63) is 11.9 Å². The molecule has 0 fully saturated rings. The Kier molecular flexibility index (Phi) is 6.32. The summed E-state index contributed by atoms with van der Waals surface area (Å²) in [5.74, 6) is 2.36. The van der Waals surface area contributed by atoms with E-state index in [2.05, 4.69) is 27.5 Å². The average molecular weight is 238 g/mol. The number of ether oxygens (including phenoxy) is 1. The highest BCUT2D eigenvalue weighted by Gasteiger charge is 2.03. The van der Waals surface area contributed by atoms with Crippen LogP contribution in [0.4, 0.5) is 11.6 Å². The van der Waals surface area contributed by atoms with Gasteiger partial charge in [0.25, 0.3) is 0 Å². The molecule has 0 saturated heterocycles. The molecule has 5 nitrogen and oxygen atoms in total. The van der Waals surface area contributed by atoms with Gasteiger partial charge in [-0.2, -0.15) is 0 Å². The maximum absolute atomic E-state index is 5.04. The normalized spacial score (nSPS) is 10.3. The molecule has 0 spiro atoms. The third kappa shape index (κ3) is 4.99. The van der Waals surface area contributed by atoms with Crippen molar-refractivity contribution in [1.29, 1.82) is 0 Å². The minimum absolute atomic E-state index is 0.430. The number of hydrogen-bond donors (Lipinski definition) is 2. The summed E-state index contributed by atoms with van der Waals surface area (Å²) in [6.07, 6.45) is 3.62. The number of anilines is 2. The van der Waals surface area contributed by atoms with Gasteiger partial charge in [-0.25, -0.2) is 9.97 Å². The smallest absolute Gasteiger partial charge is 0.158 e. The molecule has 0 aliphatic carbocycles. The first-order valence-electron chi connectivity index (χ1n) is 6.08. The molecule has 0 bridgehead atoms. The van der Waals surface area contributed by atoms with Gasteiger partial charge in [0.15, 0.2) is 5.82 Å². The molecular formula is C12H22N4O. The van der Waals surface area contributed by atoms with E-state index in [-0.39, 0.29) is 0 Å². The highest BCUT2D eigenvalue weighted by molar-refractivity contribution is 5.47. The quantitative estimate of drug-likeness (QED) is 0.680. The molecule has 0 saturated carbocycles. The fraction of sp³-hybridized carbons (Fsp3) is 0.667. The standard InChI is InChI=1S/C12H22N4O/c1-4-5-6-7-14-11-8-10(13-2)15-12(16-11)9-17-3/h8H,4-7,9H2,1-3H3,(H2,13,14,15,16). The topological polar surface area (TPSA) is 59.1 Å². The SMILES string of the molecule is CCCCCNc1cc(NC)nc(COC)n1.